The summed E-state index contributed by atoms with van der Waals surface area (Å²) >= 11 is 0. The highest BCUT2D eigenvalue weighted by atomic mass is 19.1. The molecule has 1 aliphatic rings. The maximum Gasteiger partial charge on any atom is 0.317 e. The molecule has 0 spiro atoms. The van der Waals surface area contributed by atoms with Crippen molar-refractivity contribution in [3.05, 3.63) is 95.0 Å². The third-order valence-electron chi connectivity index (χ3n) is 6.89. The van der Waals surface area contributed by atoms with Gasteiger partial charge in [0, 0.05) is 25.8 Å². The highest BCUT2D eigenvalue weighted by molar-refractivity contribution is 5.88. The lowest BCUT2D eigenvalue weighted by Crippen LogP contribution is -2.24. The molecule has 8 heteroatoms. The number of nitrogens with one attached hydrogen (secondary N) is 1. The van der Waals surface area contributed by atoms with Gasteiger partial charge in [0.1, 0.15) is 5.69 Å². The minimum atomic E-state index is -0.851. The predicted octanol–water partition coefficient (Wildman–Crippen LogP) is 6.22. The van der Waals surface area contributed by atoms with Gasteiger partial charge in [0.25, 0.3) is 0 Å². The molecule has 3 N–H and O–H groups in total. The predicted molar refractivity (Wildman–Crippen MR) is 157 cm³/mol. The minimum absolute atomic E-state index is 0.0856. The largest absolute Gasteiger partial charge is 0.383 e. The summed E-state index contributed by atoms with van der Waals surface area (Å²) in [6, 6.07) is 15.0. The van der Waals surface area contributed by atoms with Crippen molar-refractivity contribution in [2.24, 2.45) is 5.73 Å². The number of likely N-dealkylation sites (tertiary alicyclic amines) is 1. The molecule has 0 bridgehead atoms. The number of aryl methyl sites for hydroxylation is 2. The number of amides is 2. The normalized spacial score (nSPS) is 15.8. The molecule has 208 valence electrons. The number of carbonyl (C=O) groups excluding carboxylic acids is 1. The van der Waals surface area contributed by atoms with E-state index in [1.165, 1.54) is 40.9 Å². The fourth-order valence-electron chi connectivity index (χ4n) is 4.60. The Bertz CT molecular complexity index is 1300. The van der Waals surface area contributed by atoms with Crippen molar-refractivity contribution in [3.8, 4) is 5.69 Å². The number of aromatic nitrogens is 2. The third-order valence-corrected chi connectivity index (χ3v) is 6.89. The first-order valence-corrected chi connectivity index (χ1v) is 13.3. The lowest BCUT2D eigenvalue weighted by atomic mass is 9.95. The summed E-state index contributed by atoms with van der Waals surface area (Å²) in [5.74, 6) is -0.00226. The van der Waals surface area contributed by atoms with Crippen molar-refractivity contribution >= 4 is 17.4 Å². The number of benzene rings is 2. The number of urea groups is 1. The second kappa shape index (κ2) is 14.4. The standard InChI is InChI=1S/C16H17FN4O.C15H23NO/c1-3-8-11(4-2)14-13(17)15(19-16(18)22)21(20-14)12-9-6-5-7-10-12;1-12-4-5-14(10-13(12)2)15-6-7-16(11-15)8-9-17-3/h3-10H,1-2H3,(H3,18,19,22);4-5,10,15H,6-9,11H2,1-3H3/b8-3-,11-4+;. The Morgan fingerprint density at radius 2 is 1.92 bits per heavy atom. The van der Waals surface area contributed by atoms with E-state index in [9.17, 15) is 9.18 Å². The number of methoxy groups -OCH3 is 1. The topological polar surface area (TPSA) is 85.4 Å². The van der Waals surface area contributed by atoms with Gasteiger partial charge in [-0.25, -0.2) is 13.9 Å². The van der Waals surface area contributed by atoms with Crippen LogP contribution in [0.4, 0.5) is 15.0 Å². The maximum atomic E-state index is 14.7. The molecule has 2 amide bonds. The van der Waals surface area contributed by atoms with Gasteiger partial charge in [-0.15, -0.1) is 0 Å². The second-order valence-corrected chi connectivity index (χ2v) is 9.61. The number of allylic oxidation sites excluding steroid dienone is 4. The Kier molecular flexibility index (Phi) is 11.0. The van der Waals surface area contributed by atoms with Crippen LogP contribution in [0.3, 0.4) is 0 Å². The third kappa shape index (κ3) is 7.88. The van der Waals surface area contributed by atoms with E-state index in [4.69, 9.17) is 10.5 Å². The lowest BCUT2D eigenvalue weighted by molar-refractivity contribution is 0.160. The Hall–Kier alpha value is -3.75. The number of nitrogens with two attached hydrogens (primary N) is 1. The van der Waals surface area contributed by atoms with Gasteiger partial charge in [0.15, 0.2) is 11.6 Å². The van der Waals surface area contributed by atoms with Crippen LogP contribution in [0.15, 0.2) is 66.8 Å². The van der Waals surface area contributed by atoms with E-state index in [0.29, 0.717) is 17.2 Å². The smallest absolute Gasteiger partial charge is 0.317 e. The highest BCUT2D eigenvalue weighted by Crippen LogP contribution is 2.29. The minimum Gasteiger partial charge on any atom is -0.383 e. The van der Waals surface area contributed by atoms with E-state index < -0.39 is 11.8 Å². The number of rotatable bonds is 8. The molecule has 39 heavy (non-hydrogen) atoms. The Morgan fingerprint density at radius 1 is 1.18 bits per heavy atom. The van der Waals surface area contributed by atoms with Gasteiger partial charge in [-0.1, -0.05) is 54.6 Å². The number of nitrogens with zero attached hydrogens (tertiary/aromatic N) is 3. The maximum absolute atomic E-state index is 14.7. The van der Waals surface area contributed by atoms with E-state index in [2.05, 4.69) is 47.4 Å². The molecular weight excluding hydrogens is 493 g/mol. The fraction of sp³-hybridized carbons (Fsp3) is 0.355. The van der Waals surface area contributed by atoms with Crippen LogP contribution in [0.2, 0.25) is 0 Å². The van der Waals surface area contributed by atoms with E-state index in [0.717, 1.165) is 13.2 Å². The van der Waals surface area contributed by atoms with Gasteiger partial charge in [0.05, 0.1) is 12.3 Å². The van der Waals surface area contributed by atoms with E-state index in [1.807, 2.05) is 13.0 Å². The molecule has 1 aromatic heterocycles. The van der Waals surface area contributed by atoms with Gasteiger partial charge in [0.2, 0.25) is 0 Å². The number of ether oxygens (including phenoxy) is 1. The molecule has 0 radical (unpaired) electrons. The lowest BCUT2D eigenvalue weighted by Gasteiger charge is -2.16. The summed E-state index contributed by atoms with van der Waals surface area (Å²) in [6.07, 6.45) is 6.56. The zero-order valence-corrected chi connectivity index (χ0v) is 23.6. The molecule has 0 aliphatic carbocycles. The van der Waals surface area contributed by atoms with Crippen LogP contribution in [-0.2, 0) is 4.74 Å². The summed E-state index contributed by atoms with van der Waals surface area (Å²) in [7, 11) is 1.77. The van der Waals surface area contributed by atoms with Gasteiger partial charge >= 0.3 is 6.03 Å². The van der Waals surface area contributed by atoms with Crippen LogP contribution in [0.25, 0.3) is 11.3 Å². The molecule has 2 heterocycles. The first-order chi connectivity index (χ1) is 18.8. The molecule has 1 saturated heterocycles. The highest BCUT2D eigenvalue weighted by Gasteiger charge is 2.24. The van der Waals surface area contributed by atoms with Gasteiger partial charge in [-0.3, -0.25) is 5.32 Å². The van der Waals surface area contributed by atoms with Crippen molar-refractivity contribution in [2.45, 2.75) is 40.0 Å². The van der Waals surface area contributed by atoms with Crippen LogP contribution >= 0.6 is 0 Å². The Labute approximate surface area is 231 Å². The van der Waals surface area contributed by atoms with Crippen molar-refractivity contribution in [2.75, 3.05) is 38.7 Å². The first kappa shape index (κ1) is 29.8. The van der Waals surface area contributed by atoms with E-state index >= 15 is 0 Å². The van der Waals surface area contributed by atoms with Gasteiger partial charge < -0.3 is 15.4 Å². The summed E-state index contributed by atoms with van der Waals surface area (Å²) in [4.78, 5) is 13.7. The molecule has 1 unspecified atom stereocenters. The van der Waals surface area contributed by atoms with Crippen molar-refractivity contribution in [1.29, 1.82) is 0 Å². The Morgan fingerprint density at radius 3 is 2.54 bits per heavy atom. The average Bonchev–Trinajstić information content (AvgIpc) is 3.53. The van der Waals surface area contributed by atoms with E-state index in [-0.39, 0.29) is 11.5 Å². The first-order valence-electron chi connectivity index (χ1n) is 13.3. The van der Waals surface area contributed by atoms with Crippen LogP contribution in [0.1, 0.15) is 48.6 Å². The molecular formula is C31H40FN5O2. The number of hydrogen-bond donors (Lipinski definition) is 2. The van der Waals surface area contributed by atoms with Crippen LogP contribution in [0, 0.1) is 19.7 Å². The molecule has 3 aromatic rings. The van der Waals surface area contributed by atoms with Gasteiger partial charge in [-0.2, -0.15) is 5.10 Å². The van der Waals surface area contributed by atoms with Crippen LogP contribution < -0.4 is 11.1 Å². The molecule has 0 saturated carbocycles. The summed E-state index contributed by atoms with van der Waals surface area (Å²) < 4.78 is 21.1. The fourth-order valence-corrected chi connectivity index (χ4v) is 4.60. The molecule has 4 rings (SSSR count). The average molecular weight is 534 g/mol. The number of anilines is 1. The summed E-state index contributed by atoms with van der Waals surface area (Å²) in [5, 5.41) is 6.57. The number of primary amides is 1. The number of carbonyl (C=O) groups is 1. The Balaban J connectivity index is 0.000000223. The summed E-state index contributed by atoms with van der Waals surface area (Å²) in [5.41, 5.74) is 10.8. The second-order valence-electron chi connectivity index (χ2n) is 9.61. The summed E-state index contributed by atoms with van der Waals surface area (Å²) in [6.45, 7) is 12.3. The van der Waals surface area contributed by atoms with Crippen molar-refractivity contribution in [1.82, 2.24) is 14.7 Å². The quantitative estimate of drug-likeness (QED) is 0.337. The molecule has 7 nitrogen and oxygen atoms in total. The SMILES string of the molecule is C/C=C\C(=C/C)c1nn(-c2ccccc2)c(NC(N)=O)c1F.COCCN1CCC(c2ccc(C)c(C)c2)C1. The van der Waals surface area contributed by atoms with Gasteiger partial charge in [-0.05, 0) is 75.4 Å². The van der Waals surface area contributed by atoms with Crippen molar-refractivity contribution in [3.63, 3.8) is 0 Å². The molecule has 1 atom stereocenters. The molecule has 2 aromatic carbocycles. The monoisotopic (exact) mass is 533 g/mol. The van der Waals surface area contributed by atoms with Crippen molar-refractivity contribution < 1.29 is 13.9 Å². The number of para-hydroxylation sites is 1. The van der Waals surface area contributed by atoms with E-state index in [1.54, 1.807) is 56.5 Å². The van der Waals surface area contributed by atoms with Crippen LogP contribution in [0.5, 0.6) is 0 Å². The molecule has 1 aliphatic heterocycles. The zero-order valence-electron chi connectivity index (χ0n) is 23.6. The zero-order chi connectivity index (χ0) is 28.4. The number of halogens is 1. The molecule has 1 fully saturated rings. The van der Waals surface area contributed by atoms with Crippen LogP contribution in [-0.4, -0.2) is 54.1 Å². The number of hydrogen-bond acceptors (Lipinski definition) is 4.